The van der Waals surface area contributed by atoms with E-state index in [0.717, 1.165) is 14.8 Å². The Balaban J connectivity index is 2.58. The van der Waals surface area contributed by atoms with Crippen LogP contribution in [-0.2, 0) is 20.7 Å². The van der Waals surface area contributed by atoms with E-state index in [1.807, 2.05) is 12.1 Å². The summed E-state index contributed by atoms with van der Waals surface area (Å²) in [6, 6.07) is 5.41. The van der Waals surface area contributed by atoms with Gasteiger partial charge in [-0.15, -0.1) is 0 Å². The Morgan fingerprint density at radius 2 is 2.21 bits per heavy atom. The molecule has 0 radical (unpaired) electrons. The predicted molar refractivity (Wildman–Crippen MR) is 80.1 cm³/mol. The maximum Gasteiger partial charge on any atom is 0.330 e. The van der Waals surface area contributed by atoms with E-state index < -0.39 is 11.9 Å². The number of halogens is 1. The predicted octanol–water partition coefficient (Wildman–Crippen LogP) is 2.06. The first-order valence-corrected chi connectivity index (χ1v) is 6.59. The summed E-state index contributed by atoms with van der Waals surface area (Å²) in [7, 11) is 1.32. The molecule has 1 aromatic carbocycles. The minimum absolute atomic E-state index is 0.0124. The van der Waals surface area contributed by atoms with Gasteiger partial charge >= 0.3 is 11.9 Å². The number of carbonyl (C=O) groups is 2. The molecule has 102 valence electrons. The first-order valence-electron chi connectivity index (χ1n) is 5.51. The van der Waals surface area contributed by atoms with Gasteiger partial charge in [0, 0.05) is 21.9 Å². The average molecular weight is 375 g/mol. The summed E-state index contributed by atoms with van der Waals surface area (Å²) >= 11 is 2.13. The van der Waals surface area contributed by atoms with Gasteiger partial charge in [-0.1, -0.05) is 12.1 Å². The minimum Gasteiger partial charge on any atom is -0.481 e. The van der Waals surface area contributed by atoms with Crippen LogP contribution in [0.1, 0.15) is 5.56 Å². The number of methoxy groups -OCH3 is 1. The first-order chi connectivity index (χ1) is 9.02. The van der Waals surface area contributed by atoms with E-state index in [1.165, 1.54) is 13.2 Å². The zero-order valence-corrected chi connectivity index (χ0v) is 12.5. The number of carboxylic acid groups (broad SMARTS) is 1. The summed E-state index contributed by atoms with van der Waals surface area (Å²) in [6.45, 7) is 0.489. The van der Waals surface area contributed by atoms with Crippen LogP contribution in [0.3, 0.4) is 0 Å². The number of rotatable bonds is 6. The molecule has 1 aromatic rings. The molecule has 0 aliphatic carbocycles. The molecule has 19 heavy (non-hydrogen) atoms. The fourth-order valence-corrected chi connectivity index (χ4v) is 2.15. The van der Waals surface area contributed by atoms with Gasteiger partial charge in [0.25, 0.3) is 0 Å². The van der Waals surface area contributed by atoms with Crippen molar-refractivity contribution < 1.29 is 19.4 Å². The first kappa shape index (κ1) is 15.5. The highest BCUT2D eigenvalue weighted by Gasteiger charge is 2.04. The van der Waals surface area contributed by atoms with Crippen molar-refractivity contribution >= 4 is 40.2 Å². The lowest BCUT2D eigenvalue weighted by Gasteiger charge is -2.07. The van der Waals surface area contributed by atoms with Crippen molar-refractivity contribution in [2.75, 3.05) is 19.0 Å². The number of hydrogen-bond acceptors (Lipinski definition) is 4. The number of carbonyl (C=O) groups excluding carboxylic acids is 1. The smallest absolute Gasteiger partial charge is 0.330 e. The van der Waals surface area contributed by atoms with Crippen LogP contribution in [0.15, 0.2) is 30.4 Å². The van der Waals surface area contributed by atoms with Crippen LogP contribution in [0.25, 0.3) is 0 Å². The van der Waals surface area contributed by atoms with Crippen molar-refractivity contribution in [3.8, 4) is 0 Å². The number of anilines is 1. The molecule has 0 saturated carbocycles. The number of aliphatic carboxylic acids is 1. The summed E-state index contributed by atoms with van der Waals surface area (Å²) in [5.41, 5.74) is 1.65. The molecule has 0 saturated heterocycles. The number of carboxylic acids is 1. The van der Waals surface area contributed by atoms with Crippen LogP contribution in [-0.4, -0.2) is 30.7 Å². The molecule has 5 nitrogen and oxygen atoms in total. The van der Waals surface area contributed by atoms with Gasteiger partial charge in [-0.25, -0.2) is 4.79 Å². The Hall–Kier alpha value is -1.57. The summed E-state index contributed by atoms with van der Waals surface area (Å²) < 4.78 is 5.40. The van der Waals surface area contributed by atoms with E-state index >= 15 is 0 Å². The van der Waals surface area contributed by atoms with Gasteiger partial charge in [-0.2, -0.15) is 0 Å². The third-order valence-corrected chi connectivity index (χ3v) is 3.15. The quantitative estimate of drug-likeness (QED) is 0.452. The lowest BCUT2D eigenvalue weighted by atomic mass is 10.1. The molecule has 0 amide bonds. The van der Waals surface area contributed by atoms with Gasteiger partial charge in [0.15, 0.2) is 0 Å². The highest BCUT2D eigenvalue weighted by molar-refractivity contribution is 14.1. The number of nitrogens with one attached hydrogen (secondary N) is 1. The van der Waals surface area contributed by atoms with Crippen molar-refractivity contribution in [3.05, 3.63) is 39.5 Å². The van der Waals surface area contributed by atoms with Gasteiger partial charge in [-0.05, 0) is 40.3 Å². The zero-order valence-electron chi connectivity index (χ0n) is 10.4. The highest BCUT2D eigenvalue weighted by Crippen LogP contribution is 2.19. The monoisotopic (exact) mass is 375 g/mol. The average Bonchev–Trinajstić information content (AvgIpc) is 2.35. The highest BCUT2D eigenvalue weighted by atomic mass is 127. The molecule has 0 atom stereocenters. The molecule has 0 heterocycles. The molecule has 0 unspecified atom stereocenters. The number of benzene rings is 1. The number of ether oxygens (including phenoxy) is 1. The van der Waals surface area contributed by atoms with Crippen molar-refractivity contribution in [1.82, 2.24) is 0 Å². The second-order valence-corrected chi connectivity index (χ2v) is 4.85. The van der Waals surface area contributed by atoms with Crippen molar-refractivity contribution in [3.63, 3.8) is 0 Å². The lowest BCUT2D eigenvalue weighted by molar-refractivity contribution is -0.136. The second kappa shape index (κ2) is 7.78. The Labute approximate surface area is 124 Å². The van der Waals surface area contributed by atoms with Crippen molar-refractivity contribution in [1.29, 1.82) is 0 Å². The van der Waals surface area contributed by atoms with E-state index in [-0.39, 0.29) is 6.42 Å². The Kier molecular flexibility index (Phi) is 6.34. The van der Waals surface area contributed by atoms with Crippen LogP contribution >= 0.6 is 22.6 Å². The van der Waals surface area contributed by atoms with Crippen molar-refractivity contribution in [2.24, 2.45) is 0 Å². The summed E-state index contributed by atoms with van der Waals surface area (Å²) in [6.07, 6.45) is 3.02. The Bertz CT molecular complexity index is 499. The molecule has 0 aliphatic rings. The van der Waals surface area contributed by atoms with Gasteiger partial charge in [-0.3, -0.25) is 4.79 Å². The fraction of sp³-hybridized carbons (Fsp3) is 0.231. The zero-order chi connectivity index (χ0) is 14.3. The van der Waals surface area contributed by atoms with E-state index in [1.54, 1.807) is 12.1 Å². The molecule has 0 aromatic heterocycles. The third-order valence-electron chi connectivity index (χ3n) is 2.25. The van der Waals surface area contributed by atoms with Gasteiger partial charge < -0.3 is 15.2 Å². The van der Waals surface area contributed by atoms with E-state index in [0.29, 0.717) is 6.54 Å². The van der Waals surface area contributed by atoms with Crippen LogP contribution in [0, 0.1) is 3.57 Å². The molecular formula is C13H14INO4. The summed E-state index contributed by atoms with van der Waals surface area (Å²) in [4.78, 5) is 21.4. The third kappa shape index (κ3) is 5.73. The largest absolute Gasteiger partial charge is 0.481 e. The molecule has 0 spiro atoms. The van der Waals surface area contributed by atoms with Crippen LogP contribution < -0.4 is 5.32 Å². The molecule has 0 bridgehead atoms. The summed E-state index contributed by atoms with van der Waals surface area (Å²) in [5, 5.41) is 11.8. The maximum absolute atomic E-state index is 10.8. The fourth-order valence-electron chi connectivity index (χ4n) is 1.38. The molecule has 0 aliphatic heterocycles. The lowest BCUT2D eigenvalue weighted by Crippen LogP contribution is -2.04. The van der Waals surface area contributed by atoms with Crippen LogP contribution in [0.4, 0.5) is 5.69 Å². The van der Waals surface area contributed by atoms with Crippen LogP contribution in [0.2, 0.25) is 0 Å². The Morgan fingerprint density at radius 1 is 1.47 bits per heavy atom. The minimum atomic E-state index is -0.850. The number of hydrogen-bond donors (Lipinski definition) is 2. The van der Waals surface area contributed by atoms with Gasteiger partial charge in [0.1, 0.15) is 0 Å². The van der Waals surface area contributed by atoms with Gasteiger partial charge in [0.05, 0.1) is 13.5 Å². The standard InChI is InChI=1S/C13H14INO4/c1-19-13(18)3-2-6-15-11-5-4-9(7-10(11)14)8-12(16)17/h2-5,7,15H,6,8H2,1H3,(H,16,17)/b3-2+. The topological polar surface area (TPSA) is 75.6 Å². The molecule has 6 heteroatoms. The normalized spacial score (nSPS) is 10.4. The summed E-state index contributed by atoms with van der Waals surface area (Å²) in [5.74, 6) is -1.24. The number of esters is 1. The van der Waals surface area contributed by atoms with Gasteiger partial charge in [0.2, 0.25) is 0 Å². The molecule has 0 fully saturated rings. The molecule has 2 N–H and O–H groups in total. The van der Waals surface area contributed by atoms with E-state index in [2.05, 4.69) is 32.6 Å². The molecule has 1 rings (SSSR count). The molecular weight excluding hydrogens is 361 g/mol. The maximum atomic E-state index is 10.8. The van der Waals surface area contributed by atoms with Crippen molar-refractivity contribution in [2.45, 2.75) is 6.42 Å². The van der Waals surface area contributed by atoms with Crippen LogP contribution in [0.5, 0.6) is 0 Å². The Morgan fingerprint density at radius 3 is 2.79 bits per heavy atom. The second-order valence-electron chi connectivity index (χ2n) is 3.69. The van der Waals surface area contributed by atoms with E-state index in [9.17, 15) is 9.59 Å². The SMILES string of the molecule is COC(=O)/C=C/CNc1ccc(CC(=O)O)cc1I. The van der Waals surface area contributed by atoms with E-state index in [4.69, 9.17) is 5.11 Å².